The Morgan fingerprint density at radius 2 is 0.780 bits per heavy atom. The first-order valence-electron chi connectivity index (χ1n) is 14.3. The monoisotopic (exact) mass is 662 g/mol. The second kappa shape index (κ2) is 10.1. The van der Waals surface area contributed by atoms with E-state index in [1.165, 1.54) is 55.6 Å². The Morgan fingerprint density at radius 3 is 1.17 bits per heavy atom. The van der Waals surface area contributed by atoms with Gasteiger partial charge in [0.1, 0.15) is 0 Å². The highest BCUT2D eigenvalue weighted by atomic mass is 79.9. The molecule has 1 aliphatic carbocycles. The molecule has 0 nitrogen and oxygen atoms in total. The smallest absolute Gasteiger partial charge is 0.0582 e. The van der Waals surface area contributed by atoms with Crippen molar-refractivity contribution >= 4 is 31.9 Å². The maximum atomic E-state index is 3.81. The van der Waals surface area contributed by atoms with Crippen molar-refractivity contribution in [3.63, 3.8) is 0 Å². The molecule has 5 aromatic rings. The molecule has 0 heterocycles. The molecule has 0 radical (unpaired) electrons. The topological polar surface area (TPSA) is 0 Å². The summed E-state index contributed by atoms with van der Waals surface area (Å²) in [6.45, 7) is 13.6. The van der Waals surface area contributed by atoms with Crippen LogP contribution in [0.4, 0.5) is 0 Å². The molecule has 0 N–H and O–H groups in total. The summed E-state index contributed by atoms with van der Waals surface area (Å²) in [5, 5.41) is 0. The summed E-state index contributed by atoms with van der Waals surface area (Å²) in [6, 6.07) is 41.1. The second-order valence-electron chi connectivity index (χ2n) is 13.4. The lowest BCUT2D eigenvalue weighted by molar-refractivity contribution is 0.589. The molecule has 0 saturated carbocycles. The van der Waals surface area contributed by atoms with Gasteiger partial charge in [-0.15, -0.1) is 0 Å². The van der Waals surface area contributed by atoms with Crippen LogP contribution in [0.25, 0.3) is 22.3 Å². The Balaban J connectivity index is 1.58. The van der Waals surface area contributed by atoms with E-state index in [-0.39, 0.29) is 10.8 Å². The Labute approximate surface area is 262 Å². The summed E-state index contributed by atoms with van der Waals surface area (Å²) in [5.74, 6) is 0. The molecule has 2 heteroatoms. The first kappa shape index (κ1) is 28.2. The summed E-state index contributed by atoms with van der Waals surface area (Å²) >= 11 is 7.62. The molecule has 0 unspecified atom stereocenters. The third-order valence-electron chi connectivity index (χ3n) is 8.65. The minimum Gasteiger partial charge on any atom is -0.0582 e. The molecule has 0 aromatic heterocycles. The van der Waals surface area contributed by atoms with Gasteiger partial charge < -0.3 is 0 Å². The van der Waals surface area contributed by atoms with Crippen LogP contribution in [0, 0.1) is 0 Å². The van der Waals surface area contributed by atoms with E-state index in [0.717, 1.165) is 8.95 Å². The first-order chi connectivity index (χ1) is 19.4. The van der Waals surface area contributed by atoms with Crippen LogP contribution < -0.4 is 0 Å². The maximum Gasteiger partial charge on any atom is 0.0714 e. The highest BCUT2D eigenvalue weighted by Gasteiger charge is 2.46. The summed E-state index contributed by atoms with van der Waals surface area (Å²) in [4.78, 5) is 0. The average molecular weight is 665 g/mol. The van der Waals surface area contributed by atoms with Crippen molar-refractivity contribution in [3.05, 3.63) is 152 Å². The third-order valence-corrected chi connectivity index (χ3v) is 9.63. The van der Waals surface area contributed by atoms with Gasteiger partial charge in [-0.2, -0.15) is 0 Å². The van der Waals surface area contributed by atoms with E-state index in [0.29, 0.717) is 0 Å². The van der Waals surface area contributed by atoms with Gasteiger partial charge in [0.25, 0.3) is 0 Å². The van der Waals surface area contributed by atoms with E-state index in [9.17, 15) is 0 Å². The summed E-state index contributed by atoms with van der Waals surface area (Å²) < 4.78 is 2.18. The van der Waals surface area contributed by atoms with E-state index in [1.54, 1.807) is 0 Å². The quantitative estimate of drug-likeness (QED) is 0.177. The fraction of sp³-hybridized carbons (Fsp3) is 0.231. The summed E-state index contributed by atoms with van der Waals surface area (Å²) in [5.41, 5.74) is 12.7. The molecule has 206 valence electrons. The van der Waals surface area contributed by atoms with Crippen LogP contribution in [-0.2, 0) is 16.2 Å². The van der Waals surface area contributed by atoms with Crippen LogP contribution in [0.1, 0.15) is 74.9 Å². The fourth-order valence-corrected chi connectivity index (χ4v) is 7.07. The van der Waals surface area contributed by atoms with Gasteiger partial charge in [-0.3, -0.25) is 0 Å². The van der Waals surface area contributed by atoms with Crippen molar-refractivity contribution in [3.8, 4) is 22.3 Å². The minimum atomic E-state index is -0.441. The Bertz CT molecular complexity index is 1680. The molecule has 41 heavy (non-hydrogen) atoms. The SMILES string of the molecule is CC(C)(C)c1ccc(-c2ccc(C3(c4ccc(C(C)(C)C)cc4)c4cc(Br)ccc4-c4ccc(Br)cc43)cc2)cc1. The molecule has 0 bridgehead atoms. The van der Waals surface area contributed by atoms with Gasteiger partial charge in [-0.1, -0.05) is 158 Å². The standard InChI is InChI=1S/C39H36Br2/c1-37(2,3)27-11-7-25(8-12-27)26-9-13-29(14-10-26)39(30-17-15-28(16-18-30)38(4,5)6)35-23-31(40)19-21-33(35)34-22-20-32(41)24-36(34)39/h7-24H,1-6H3. The highest BCUT2D eigenvalue weighted by molar-refractivity contribution is 9.10. The third kappa shape index (κ3) is 4.84. The normalized spacial score (nSPS) is 14.0. The first-order valence-corrected chi connectivity index (χ1v) is 15.9. The zero-order chi connectivity index (χ0) is 29.2. The molecule has 0 atom stereocenters. The number of halogens is 2. The Hall–Kier alpha value is -2.94. The lowest BCUT2D eigenvalue weighted by Gasteiger charge is -2.34. The molecular formula is C39H36Br2. The molecule has 5 aromatic carbocycles. The van der Waals surface area contributed by atoms with Gasteiger partial charge in [0.05, 0.1) is 5.41 Å². The average Bonchev–Trinajstić information content (AvgIpc) is 3.21. The predicted octanol–water partition coefficient (Wildman–Crippen LogP) is 11.8. The van der Waals surface area contributed by atoms with Crippen molar-refractivity contribution < 1.29 is 0 Å². The van der Waals surface area contributed by atoms with Crippen molar-refractivity contribution in [2.45, 2.75) is 57.8 Å². The van der Waals surface area contributed by atoms with Crippen LogP contribution >= 0.6 is 31.9 Å². The molecule has 0 spiro atoms. The predicted molar refractivity (Wildman–Crippen MR) is 182 cm³/mol. The van der Waals surface area contributed by atoms with Crippen molar-refractivity contribution in [2.24, 2.45) is 0 Å². The number of hydrogen-bond donors (Lipinski definition) is 0. The number of rotatable bonds is 3. The number of fused-ring (bicyclic) bond motifs is 3. The van der Waals surface area contributed by atoms with Gasteiger partial charge in [0, 0.05) is 8.95 Å². The number of hydrogen-bond acceptors (Lipinski definition) is 0. The van der Waals surface area contributed by atoms with E-state index in [2.05, 4.69) is 183 Å². The van der Waals surface area contributed by atoms with E-state index >= 15 is 0 Å². The zero-order valence-corrected chi connectivity index (χ0v) is 27.8. The van der Waals surface area contributed by atoms with Gasteiger partial charge in [-0.25, -0.2) is 0 Å². The molecule has 6 rings (SSSR count). The Kier molecular flexibility index (Phi) is 6.95. The molecule has 0 saturated heterocycles. The molecule has 0 fully saturated rings. The molecule has 0 amide bonds. The lowest BCUT2D eigenvalue weighted by Crippen LogP contribution is -2.29. The fourth-order valence-electron chi connectivity index (χ4n) is 6.35. The molecule has 1 aliphatic rings. The van der Waals surface area contributed by atoms with Gasteiger partial charge in [0.15, 0.2) is 0 Å². The molecule has 0 aliphatic heterocycles. The van der Waals surface area contributed by atoms with E-state index in [1.807, 2.05) is 0 Å². The zero-order valence-electron chi connectivity index (χ0n) is 24.6. The molecular weight excluding hydrogens is 628 g/mol. The largest absolute Gasteiger partial charge is 0.0714 e. The highest BCUT2D eigenvalue weighted by Crippen LogP contribution is 2.57. The van der Waals surface area contributed by atoms with Crippen molar-refractivity contribution in [1.29, 1.82) is 0 Å². The second-order valence-corrected chi connectivity index (χ2v) is 15.2. The minimum absolute atomic E-state index is 0.0907. The van der Waals surface area contributed by atoms with Crippen LogP contribution in [-0.4, -0.2) is 0 Å². The Morgan fingerprint density at radius 1 is 0.439 bits per heavy atom. The lowest BCUT2D eigenvalue weighted by atomic mass is 9.67. The van der Waals surface area contributed by atoms with Crippen molar-refractivity contribution in [1.82, 2.24) is 0 Å². The van der Waals surface area contributed by atoms with Gasteiger partial charge >= 0.3 is 0 Å². The number of benzene rings is 5. The summed E-state index contributed by atoms with van der Waals surface area (Å²) in [7, 11) is 0. The van der Waals surface area contributed by atoms with Crippen LogP contribution in [0.5, 0.6) is 0 Å². The maximum absolute atomic E-state index is 3.81. The van der Waals surface area contributed by atoms with E-state index in [4.69, 9.17) is 0 Å². The van der Waals surface area contributed by atoms with Gasteiger partial charge in [-0.05, 0) is 90.7 Å². The van der Waals surface area contributed by atoms with Crippen molar-refractivity contribution in [2.75, 3.05) is 0 Å². The van der Waals surface area contributed by atoms with E-state index < -0.39 is 5.41 Å². The van der Waals surface area contributed by atoms with Crippen LogP contribution in [0.2, 0.25) is 0 Å². The van der Waals surface area contributed by atoms with Crippen LogP contribution in [0.3, 0.4) is 0 Å². The van der Waals surface area contributed by atoms with Gasteiger partial charge in [0.2, 0.25) is 0 Å². The van der Waals surface area contributed by atoms with Crippen LogP contribution in [0.15, 0.2) is 118 Å². The summed E-state index contributed by atoms with van der Waals surface area (Å²) in [6.07, 6.45) is 0.